The molecule has 2 rings (SSSR count). The smallest absolute Gasteiger partial charge is 0.315 e. The summed E-state index contributed by atoms with van der Waals surface area (Å²) in [6, 6.07) is -0.573. The zero-order chi connectivity index (χ0) is 23.5. The first-order chi connectivity index (χ1) is 15.3. The topological polar surface area (TPSA) is 168 Å². The molecule has 32 heavy (non-hydrogen) atoms. The van der Waals surface area contributed by atoms with Crippen LogP contribution in [0.3, 0.4) is 0 Å². The van der Waals surface area contributed by atoms with E-state index in [2.05, 4.69) is 10.6 Å². The largest absolute Gasteiger partial charge is 0.464 e. The van der Waals surface area contributed by atoms with Crippen LogP contribution in [0.15, 0.2) is 24.3 Å². The number of rotatable bonds is 12. The lowest BCUT2D eigenvalue weighted by molar-refractivity contribution is -0.146. The molecule has 0 saturated heterocycles. The second-order valence-electron chi connectivity index (χ2n) is 6.45. The number of hydrogen-bond acceptors (Lipinski definition) is 9. The van der Waals surface area contributed by atoms with Crippen molar-refractivity contribution in [3.8, 4) is 0 Å². The van der Waals surface area contributed by atoms with Crippen LogP contribution >= 0.6 is 0 Å². The lowest BCUT2D eigenvalue weighted by Gasteiger charge is -2.13. The predicted molar refractivity (Wildman–Crippen MR) is 104 cm³/mol. The number of amides is 6. The van der Waals surface area contributed by atoms with Gasteiger partial charge in [0.15, 0.2) is 0 Å². The minimum absolute atomic E-state index is 0.0203. The number of urea groups is 1. The maximum absolute atomic E-state index is 11.6. The first kappa shape index (κ1) is 24.2. The Morgan fingerprint density at radius 1 is 0.656 bits per heavy atom. The van der Waals surface area contributed by atoms with Gasteiger partial charge in [-0.15, -0.1) is 0 Å². The third kappa shape index (κ3) is 7.66. The van der Waals surface area contributed by atoms with Gasteiger partial charge < -0.3 is 20.1 Å². The Labute approximate surface area is 182 Å². The fourth-order valence-corrected chi connectivity index (χ4v) is 2.57. The molecule has 172 valence electrons. The van der Waals surface area contributed by atoms with Crippen LogP contribution in [0.1, 0.15) is 12.8 Å². The van der Waals surface area contributed by atoms with Gasteiger partial charge in [0.1, 0.15) is 13.2 Å². The lowest BCUT2D eigenvalue weighted by Crippen LogP contribution is -2.39. The molecule has 0 aromatic rings. The van der Waals surface area contributed by atoms with Gasteiger partial charge in [-0.1, -0.05) is 0 Å². The summed E-state index contributed by atoms with van der Waals surface area (Å²) in [6.07, 6.45) is 4.16. The summed E-state index contributed by atoms with van der Waals surface area (Å²) in [6.45, 7) is -0.345. The summed E-state index contributed by atoms with van der Waals surface area (Å²) in [5.74, 6) is -3.19. The fourth-order valence-electron chi connectivity index (χ4n) is 2.57. The van der Waals surface area contributed by atoms with Gasteiger partial charge in [-0.25, -0.2) is 4.79 Å². The third-order valence-electron chi connectivity index (χ3n) is 4.18. The molecular formula is C19H22N4O9. The first-order valence-corrected chi connectivity index (χ1v) is 9.68. The second-order valence-corrected chi connectivity index (χ2v) is 6.45. The number of nitrogens with one attached hydrogen (secondary N) is 2. The van der Waals surface area contributed by atoms with E-state index < -0.39 is 41.6 Å². The summed E-state index contributed by atoms with van der Waals surface area (Å²) in [7, 11) is 0. The van der Waals surface area contributed by atoms with E-state index in [0.717, 1.165) is 34.1 Å². The molecule has 2 heterocycles. The Balaban J connectivity index is 1.45. The minimum Gasteiger partial charge on any atom is -0.464 e. The normalized spacial score (nSPS) is 14.9. The Morgan fingerprint density at radius 2 is 1.00 bits per heavy atom. The van der Waals surface area contributed by atoms with Crippen molar-refractivity contribution in [2.24, 2.45) is 0 Å². The van der Waals surface area contributed by atoms with Gasteiger partial charge in [0.05, 0.1) is 25.9 Å². The lowest BCUT2D eigenvalue weighted by atomic mass is 10.4. The molecule has 0 atom stereocenters. The van der Waals surface area contributed by atoms with Crippen molar-refractivity contribution in [2.75, 3.05) is 39.4 Å². The summed E-state index contributed by atoms with van der Waals surface area (Å²) in [4.78, 5) is 82.0. The maximum Gasteiger partial charge on any atom is 0.315 e. The van der Waals surface area contributed by atoms with Gasteiger partial charge in [-0.3, -0.25) is 38.6 Å². The number of imide groups is 2. The van der Waals surface area contributed by atoms with E-state index in [0.29, 0.717) is 0 Å². The first-order valence-electron chi connectivity index (χ1n) is 9.68. The zero-order valence-corrected chi connectivity index (χ0v) is 17.0. The Bertz CT molecular complexity index is 761. The van der Waals surface area contributed by atoms with Crippen LogP contribution in [0.25, 0.3) is 0 Å². The van der Waals surface area contributed by atoms with Gasteiger partial charge in [0.2, 0.25) is 0 Å². The highest BCUT2D eigenvalue weighted by Gasteiger charge is 2.24. The van der Waals surface area contributed by atoms with Crippen LogP contribution in [-0.2, 0) is 38.2 Å². The van der Waals surface area contributed by atoms with Crippen LogP contribution in [0, 0.1) is 0 Å². The summed E-state index contributed by atoms with van der Waals surface area (Å²) in [5.41, 5.74) is 0. The van der Waals surface area contributed by atoms with Gasteiger partial charge in [-0.05, 0) is 0 Å². The number of ether oxygens (including phenoxy) is 2. The third-order valence-corrected chi connectivity index (χ3v) is 4.18. The molecule has 0 aliphatic carbocycles. The molecule has 0 radical (unpaired) electrons. The molecule has 0 fully saturated rings. The molecule has 0 aromatic heterocycles. The molecule has 2 aliphatic heterocycles. The second kappa shape index (κ2) is 12.0. The van der Waals surface area contributed by atoms with E-state index in [1.54, 1.807) is 0 Å². The molecule has 2 N–H and O–H groups in total. The van der Waals surface area contributed by atoms with E-state index >= 15 is 0 Å². The van der Waals surface area contributed by atoms with Crippen molar-refractivity contribution in [1.82, 2.24) is 20.4 Å². The zero-order valence-electron chi connectivity index (χ0n) is 17.0. The number of carbonyl (C=O) groups excluding carboxylic acids is 7. The van der Waals surface area contributed by atoms with Gasteiger partial charge >= 0.3 is 18.0 Å². The van der Waals surface area contributed by atoms with E-state index in [-0.39, 0.29) is 52.2 Å². The standard InChI is InChI=1S/C19H22N4O9/c24-13-1-2-14(25)22(13)9-5-17(28)31-11-7-20-19(30)21-8-12-32-18(29)6-10-23-15(26)3-4-16(23)27/h1-4H,5-12H2,(H2,20,21,30). The van der Waals surface area contributed by atoms with E-state index in [9.17, 15) is 33.6 Å². The van der Waals surface area contributed by atoms with Gasteiger partial charge in [0.25, 0.3) is 23.6 Å². The van der Waals surface area contributed by atoms with E-state index in [4.69, 9.17) is 9.47 Å². The Morgan fingerprint density at radius 3 is 1.34 bits per heavy atom. The molecule has 0 saturated carbocycles. The molecule has 2 aliphatic rings. The van der Waals surface area contributed by atoms with Crippen molar-refractivity contribution < 1.29 is 43.0 Å². The summed E-state index contributed by atoms with van der Waals surface area (Å²) in [5, 5.41) is 4.85. The van der Waals surface area contributed by atoms with E-state index in [1.807, 2.05) is 0 Å². The maximum atomic E-state index is 11.6. The molecule has 0 spiro atoms. The van der Waals surface area contributed by atoms with Crippen molar-refractivity contribution in [3.05, 3.63) is 24.3 Å². The van der Waals surface area contributed by atoms with E-state index in [1.165, 1.54) is 0 Å². The molecule has 6 amide bonds. The van der Waals surface area contributed by atoms with Crippen molar-refractivity contribution in [1.29, 1.82) is 0 Å². The monoisotopic (exact) mass is 450 g/mol. The number of hydrogen-bond donors (Lipinski definition) is 2. The average Bonchev–Trinajstić information content (AvgIpc) is 3.25. The highest BCUT2D eigenvalue weighted by molar-refractivity contribution is 6.13. The number of esters is 2. The van der Waals surface area contributed by atoms with Crippen LogP contribution in [0.5, 0.6) is 0 Å². The van der Waals surface area contributed by atoms with Crippen molar-refractivity contribution in [3.63, 3.8) is 0 Å². The average molecular weight is 450 g/mol. The van der Waals surface area contributed by atoms with Gasteiger partial charge in [0, 0.05) is 37.4 Å². The number of carbonyl (C=O) groups is 7. The molecular weight excluding hydrogens is 428 g/mol. The summed E-state index contributed by atoms with van der Waals surface area (Å²) >= 11 is 0. The quantitative estimate of drug-likeness (QED) is 0.194. The highest BCUT2D eigenvalue weighted by atomic mass is 16.5. The number of nitrogens with zero attached hydrogens (tertiary/aromatic N) is 2. The van der Waals surface area contributed by atoms with Crippen LogP contribution in [0.2, 0.25) is 0 Å². The van der Waals surface area contributed by atoms with Crippen molar-refractivity contribution >= 4 is 41.6 Å². The Hall–Kier alpha value is -4.03. The highest BCUT2D eigenvalue weighted by Crippen LogP contribution is 2.05. The molecule has 13 nitrogen and oxygen atoms in total. The molecule has 0 unspecified atom stereocenters. The van der Waals surface area contributed by atoms with Crippen LogP contribution in [0.4, 0.5) is 4.79 Å². The molecule has 0 bridgehead atoms. The Kier molecular flexibility index (Phi) is 9.07. The van der Waals surface area contributed by atoms with Crippen LogP contribution < -0.4 is 10.6 Å². The predicted octanol–water partition coefficient (Wildman–Crippen LogP) is -2.00. The summed E-state index contributed by atoms with van der Waals surface area (Å²) < 4.78 is 9.77. The van der Waals surface area contributed by atoms with Gasteiger partial charge in [-0.2, -0.15) is 0 Å². The molecule has 0 aromatic carbocycles. The van der Waals surface area contributed by atoms with Crippen molar-refractivity contribution in [2.45, 2.75) is 12.8 Å². The molecule has 13 heteroatoms. The van der Waals surface area contributed by atoms with Crippen LogP contribution in [-0.4, -0.2) is 90.8 Å². The minimum atomic E-state index is -0.625. The fraction of sp³-hybridized carbons (Fsp3) is 0.421. The SMILES string of the molecule is O=C(NCCOC(=O)CCN1C(=O)C=CC1=O)NCCOC(=O)CCN1C(=O)C=CC1=O.